The molecule has 1 aliphatic rings. The molecule has 1 fully saturated rings. The summed E-state index contributed by atoms with van der Waals surface area (Å²) in [5.41, 5.74) is 3.31. The summed E-state index contributed by atoms with van der Waals surface area (Å²) in [6.45, 7) is 8.66. The maximum Gasteiger partial charge on any atom is 0.153 e. The third kappa shape index (κ3) is 3.82. The molecule has 5 heteroatoms. The van der Waals surface area contributed by atoms with Gasteiger partial charge in [-0.2, -0.15) is 5.10 Å². The minimum absolute atomic E-state index is 0.208. The van der Waals surface area contributed by atoms with Crippen LogP contribution in [-0.2, 0) is 4.74 Å². The van der Waals surface area contributed by atoms with Crippen LogP contribution >= 0.6 is 0 Å². The van der Waals surface area contributed by atoms with Crippen LogP contribution in [0.4, 0.5) is 0 Å². The number of hydrogen-bond donors (Lipinski definition) is 0. The van der Waals surface area contributed by atoms with E-state index in [2.05, 4.69) is 45.9 Å². The molecule has 0 amide bonds. The highest BCUT2D eigenvalue weighted by Gasteiger charge is 2.41. The second-order valence-corrected chi connectivity index (χ2v) is 9.91. The van der Waals surface area contributed by atoms with Gasteiger partial charge in [0.2, 0.25) is 0 Å². The van der Waals surface area contributed by atoms with Gasteiger partial charge in [-0.25, -0.2) is 4.68 Å². The number of benzene rings is 2. The zero-order valence-electron chi connectivity index (χ0n) is 19.4. The van der Waals surface area contributed by atoms with Crippen LogP contribution in [0.5, 0.6) is 5.75 Å². The van der Waals surface area contributed by atoms with Crippen LogP contribution in [0.3, 0.4) is 0 Å². The van der Waals surface area contributed by atoms with Crippen LogP contribution in [0, 0.1) is 0 Å². The molecule has 5 nitrogen and oxygen atoms in total. The van der Waals surface area contributed by atoms with Crippen molar-refractivity contribution in [2.45, 2.75) is 57.7 Å². The maximum atomic E-state index is 6.32. The van der Waals surface area contributed by atoms with Gasteiger partial charge < -0.3 is 13.9 Å². The Bertz CT molecular complexity index is 1220. The van der Waals surface area contributed by atoms with Gasteiger partial charge in [0.1, 0.15) is 22.7 Å². The summed E-state index contributed by atoms with van der Waals surface area (Å²) < 4.78 is 20.2. The molecule has 0 saturated carbocycles. The first-order chi connectivity index (χ1) is 15.2. The van der Waals surface area contributed by atoms with Crippen LogP contribution in [0.1, 0.15) is 52.1 Å². The summed E-state index contributed by atoms with van der Waals surface area (Å²) in [7, 11) is 1.69. The minimum atomic E-state index is -0.208. The smallest absolute Gasteiger partial charge is 0.153 e. The summed E-state index contributed by atoms with van der Waals surface area (Å²) in [6.07, 6.45) is 1.83. The zero-order chi connectivity index (χ0) is 22.5. The normalized spacial score (nSPS) is 18.2. The van der Waals surface area contributed by atoms with Gasteiger partial charge >= 0.3 is 0 Å². The van der Waals surface area contributed by atoms with Gasteiger partial charge in [-0.3, -0.25) is 0 Å². The monoisotopic (exact) mass is 430 g/mol. The molecule has 0 radical (unpaired) electrons. The second kappa shape index (κ2) is 7.52. The van der Waals surface area contributed by atoms with E-state index in [1.807, 2.05) is 47.1 Å². The van der Waals surface area contributed by atoms with Gasteiger partial charge in [0.25, 0.3) is 0 Å². The minimum Gasteiger partial charge on any atom is -0.494 e. The molecule has 0 spiro atoms. The van der Waals surface area contributed by atoms with Gasteiger partial charge in [0, 0.05) is 11.3 Å². The molecular formula is C27H30N2O3. The number of aromatic nitrogens is 2. The van der Waals surface area contributed by atoms with Crippen molar-refractivity contribution < 1.29 is 13.9 Å². The van der Waals surface area contributed by atoms with Crippen molar-refractivity contribution in [3.05, 3.63) is 66.4 Å². The summed E-state index contributed by atoms with van der Waals surface area (Å²) in [5.74, 6) is 1.85. The lowest BCUT2D eigenvalue weighted by molar-refractivity contribution is -0.162. The highest BCUT2D eigenvalue weighted by atomic mass is 16.5. The van der Waals surface area contributed by atoms with Crippen LogP contribution in [0.25, 0.3) is 28.1 Å². The lowest BCUT2D eigenvalue weighted by Crippen LogP contribution is -2.44. The van der Waals surface area contributed by atoms with Gasteiger partial charge in [-0.1, -0.05) is 30.3 Å². The molecule has 4 aromatic rings. The lowest BCUT2D eigenvalue weighted by atomic mass is 9.79. The van der Waals surface area contributed by atoms with Gasteiger partial charge in [-0.05, 0) is 70.9 Å². The first-order valence-corrected chi connectivity index (χ1v) is 11.2. The fraction of sp³-hybridized carbons (Fsp3) is 0.370. The van der Waals surface area contributed by atoms with E-state index in [9.17, 15) is 0 Å². The van der Waals surface area contributed by atoms with E-state index >= 15 is 0 Å². The molecule has 0 atom stereocenters. The largest absolute Gasteiger partial charge is 0.494 e. The predicted molar refractivity (Wildman–Crippen MR) is 127 cm³/mol. The Hall–Kier alpha value is -3.05. The van der Waals surface area contributed by atoms with E-state index < -0.39 is 0 Å². The summed E-state index contributed by atoms with van der Waals surface area (Å²) in [5, 5.41) is 6.19. The fourth-order valence-electron chi connectivity index (χ4n) is 5.17. The summed E-state index contributed by atoms with van der Waals surface area (Å²) in [6, 6.07) is 20.3. The predicted octanol–water partition coefficient (Wildman–Crippen LogP) is 6.75. The van der Waals surface area contributed by atoms with E-state index in [4.69, 9.17) is 19.0 Å². The number of nitrogens with zero attached hydrogens (tertiary/aromatic N) is 2. The average molecular weight is 431 g/mol. The molecule has 2 aromatic heterocycles. The molecule has 0 bridgehead atoms. The summed E-state index contributed by atoms with van der Waals surface area (Å²) in [4.78, 5) is 0. The molecule has 5 rings (SSSR count). The molecule has 2 aromatic carbocycles. The number of rotatable bonds is 4. The molecule has 0 N–H and O–H groups in total. The fourth-order valence-corrected chi connectivity index (χ4v) is 5.17. The molecule has 1 aliphatic heterocycles. The Labute approximate surface area is 188 Å². The van der Waals surface area contributed by atoms with Crippen molar-refractivity contribution in [2.24, 2.45) is 0 Å². The van der Waals surface area contributed by atoms with Crippen LogP contribution in [0.2, 0.25) is 0 Å². The van der Waals surface area contributed by atoms with Crippen molar-refractivity contribution in [3.8, 4) is 22.9 Å². The number of para-hydroxylation sites is 3. The number of hydrogen-bond acceptors (Lipinski definition) is 4. The average Bonchev–Trinajstić information content (AvgIpc) is 3.35. The zero-order valence-corrected chi connectivity index (χ0v) is 19.4. The first kappa shape index (κ1) is 20.8. The standard InChI is InChI=1S/C27H30N2O3/c1-26(2)16-19(17-27(3,4)32-26)20-15-22(25-14-18-10-6-8-12-23(18)31-25)29(28-20)21-11-7-9-13-24(21)30-5/h6-15,19H,16-17H2,1-5H3. The number of furan rings is 1. The summed E-state index contributed by atoms with van der Waals surface area (Å²) >= 11 is 0. The van der Waals surface area contributed by atoms with Crippen molar-refractivity contribution in [1.82, 2.24) is 9.78 Å². The van der Waals surface area contributed by atoms with E-state index in [-0.39, 0.29) is 17.1 Å². The van der Waals surface area contributed by atoms with Crippen LogP contribution in [0.15, 0.2) is 65.1 Å². The van der Waals surface area contributed by atoms with Crippen molar-refractivity contribution in [2.75, 3.05) is 7.11 Å². The molecule has 32 heavy (non-hydrogen) atoms. The molecule has 3 heterocycles. The Kier molecular flexibility index (Phi) is 4.90. The van der Waals surface area contributed by atoms with Crippen LogP contribution in [-0.4, -0.2) is 28.1 Å². The van der Waals surface area contributed by atoms with Gasteiger partial charge in [0.15, 0.2) is 5.76 Å². The maximum absolute atomic E-state index is 6.32. The van der Waals surface area contributed by atoms with E-state index in [0.717, 1.165) is 52.4 Å². The second-order valence-electron chi connectivity index (χ2n) is 9.91. The van der Waals surface area contributed by atoms with E-state index in [1.54, 1.807) is 7.11 Å². The lowest BCUT2D eigenvalue weighted by Gasteiger charge is -2.45. The van der Waals surface area contributed by atoms with Crippen molar-refractivity contribution in [3.63, 3.8) is 0 Å². The van der Waals surface area contributed by atoms with Crippen LogP contribution < -0.4 is 4.74 Å². The van der Waals surface area contributed by atoms with E-state index in [1.165, 1.54) is 0 Å². The first-order valence-electron chi connectivity index (χ1n) is 11.2. The molecule has 166 valence electrons. The topological polar surface area (TPSA) is 49.4 Å². The Morgan fingerprint density at radius 3 is 2.34 bits per heavy atom. The highest BCUT2D eigenvalue weighted by Crippen LogP contribution is 2.44. The Morgan fingerprint density at radius 2 is 1.62 bits per heavy atom. The third-order valence-corrected chi connectivity index (χ3v) is 6.17. The number of methoxy groups -OCH3 is 1. The Morgan fingerprint density at radius 1 is 0.938 bits per heavy atom. The molecule has 0 aliphatic carbocycles. The van der Waals surface area contributed by atoms with E-state index in [0.29, 0.717) is 0 Å². The molecule has 0 unspecified atom stereocenters. The number of ether oxygens (including phenoxy) is 2. The third-order valence-electron chi connectivity index (χ3n) is 6.17. The van der Waals surface area contributed by atoms with Crippen molar-refractivity contribution >= 4 is 11.0 Å². The van der Waals surface area contributed by atoms with Gasteiger partial charge in [0.05, 0.1) is 24.0 Å². The number of fused-ring (bicyclic) bond motifs is 1. The quantitative estimate of drug-likeness (QED) is 0.359. The highest BCUT2D eigenvalue weighted by molar-refractivity contribution is 5.82. The Balaban J connectivity index is 1.67. The van der Waals surface area contributed by atoms with Crippen molar-refractivity contribution in [1.29, 1.82) is 0 Å². The molecular weight excluding hydrogens is 400 g/mol. The SMILES string of the molecule is COc1ccccc1-n1nc(C2CC(C)(C)OC(C)(C)C2)cc1-c1cc2ccccc2o1. The molecule has 1 saturated heterocycles. The van der Waals surface area contributed by atoms with Gasteiger partial charge in [-0.15, -0.1) is 0 Å².